The van der Waals surface area contributed by atoms with E-state index in [-0.39, 0.29) is 5.69 Å². The lowest BCUT2D eigenvalue weighted by Gasteiger charge is -2.33. The summed E-state index contributed by atoms with van der Waals surface area (Å²) in [6, 6.07) is 4.65. The summed E-state index contributed by atoms with van der Waals surface area (Å²) in [6.07, 6.45) is 2.25. The second-order valence-electron chi connectivity index (χ2n) is 4.64. The molecule has 1 fully saturated rings. The molecule has 1 aliphatic heterocycles. The van der Waals surface area contributed by atoms with Crippen molar-refractivity contribution in [1.82, 2.24) is 0 Å². The second kappa shape index (κ2) is 5.88. The first-order chi connectivity index (χ1) is 9.11. The van der Waals surface area contributed by atoms with Crippen LogP contribution in [0.1, 0.15) is 19.8 Å². The minimum atomic E-state index is -0.429. The smallest absolute Gasteiger partial charge is 0.271 e. The summed E-state index contributed by atoms with van der Waals surface area (Å²) in [5.74, 6) is 0. The van der Waals surface area contributed by atoms with E-state index in [2.05, 4.69) is 4.90 Å². The van der Waals surface area contributed by atoms with Crippen LogP contribution < -0.4 is 10.6 Å². The molecule has 6 nitrogen and oxygen atoms in total. The molecular weight excluding hydrogens is 246 g/mol. The number of hydrogen-bond acceptors (Lipinski definition) is 5. The van der Waals surface area contributed by atoms with E-state index in [4.69, 9.17) is 10.5 Å². The first kappa shape index (κ1) is 13.6. The molecule has 2 rings (SSSR count). The third-order valence-electron chi connectivity index (χ3n) is 3.41. The fourth-order valence-electron chi connectivity index (χ4n) is 2.44. The van der Waals surface area contributed by atoms with Crippen molar-refractivity contribution in [3.63, 3.8) is 0 Å². The van der Waals surface area contributed by atoms with Crippen LogP contribution in [0, 0.1) is 10.1 Å². The van der Waals surface area contributed by atoms with Crippen molar-refractivity contribution in [3.05, 3.63) is 28.3 Å². The van der Waals surface area contributed by atoms with Gasteiger partial charge in [0.05, 0.1) is 22.4 Å². The normalized spacial score (nSPS) is 16.6. The summed E-state index contributed by atoms with van der Waals surface area (Å²) in [4.78, 5) is 12.4. The molecule has 1 aromatic rings. The fraction of sp³-hybridized carbons (Fsp3) is 0.538. The van der Waals surface area contributed by atoms with Crippen LogP contribution in [-0.2, 0) is 4.74 Å². The third kappa shape index (κ3) is 3.14. The van der Waals surface area contributed by atoms with Gasteiger partial charge in [0.1, 0.15) is 0 Å². The molecule has 19 heavy (non-hydrogen) atoms. The highest BCUT2D eigenvalue weighted by Gasteiger charge is 2.21. The standard InChI is InChI=1S/C13H19N3O3/c1-2-19-11-5-7-15(8-6-11)13-4-3-10(16(17)18)9-12(13)14/h3-4,9,11H,2,5-8,14H2,1H3. The SMILES string of the molecule is CCOC1CCN(c2ccc([N+](=O)[O-])cc2N)CC1. The zero-order valence-electron chi connectivity index (χ0n) is 11.0. The summed E-state index contributed by atoms with van der Waals surface area (Å²) < 4.78 is 5.60. The van der Waals surface area contributed by atoms with Crippen molar-refractivity contribution >= 4 is 17.1 Å². The molecule has 0 radical (unpaired) electrons. The lowest BCUT2D eigenvalue weighted by atomic mass is 10.1. The van der Waals surface area contributed by atoms with E-state index in [9.17, 15) is 10.1 Å². The molecule has 0 atom stereocenters. The van der Waals surface area contributed by atoms with Gasteiger partial charge in [0.2, 0.25) is 0 Å². The number of non-ortho nitro benzene ring substituents is 1. The molecule has 1 aliphatic rings. The molecule has 0 bridgehead atoms. The molecule has 0 unspecified atom stereocenters. The van der Waals surface area contributed by atoms with E-state index in [1.54, 1.807) is 6.07 Å². The number of nitrogens with zero attached hydrogens (tertiary/aromatic N) is 2. The predicted molar refractivity (Wildman–Crippen MR) is 74.4 cm³/mol. The summed E-state index contributed by atoms with van der Waals surface area (Å²) in [5, 5.41) is 10.7. The van der Waals surface area contributed by atoms with Gasteiger partial charge in [-0.15, -0.1) is 0 Å². The van der Waals surface area contributed by atoms with Crippen LogP contribution in [0.15, 0.2) is 18.2 Å². The van der Waals surface area contributed by atoms with Gasteiger partial charge in [-0.05, 0) is 25.8 Å². The number of ether oxygens (including phenoxy) is 1. The molecule has 104 valence electrons. The van der Waals surface area contributed by atoms with Gasteiger partial charge in [-0.2, -0.15) is 0 Å². The van der Waals surface area contributed by atoms with E-state index in [0.717, 1.165) is 38.2 Å². The Kier molecular flexibility index (Phi) is 4.21. The van der Waals surface area contributed by atoms with Gasteiger partial charge in [-0.25, -0.2) is 0 Å². The van der Waals surface area contributed by atoms with Crippen molar-refractivity contribution < 1.29 is 9.66 Å². The van der Waals surface area contributed by atoms with Crippen molar-refractivity contribution in [2.45, 2.75) is 25.9 Å². The fourth-order valence-corrected chi connectivity index (χ4v) is 2.44. The number of piperidine rings is 1. The molecule has 1 saturated heterocycles. The molecular formula is C13H19N3O3. The Labute approximate surface area is 112 Å². The summed E-state index contributed by atoms with van der Waals surface area (Å²) >= 11 is 0. The lowest BCUT2D eigenvalue weighted by Crippen LogP contribution is -2.37. The Morgan fingerprint density at radius 1 is 1.47 bits per heavy atom. The number of benzene rings is 1. The monoisotopic (exact) mass is 265 g/mol. The molecule has 2 N–H and O–H groups in total. The minimum absolute atomic E-state index is 0.0328. The maximum absolute atomic E-state index is 10.7. The van der Waals surface area contributed by atoms with Crippen molar-refractivity contribution in [2.24, 2.45) is 0 Å². The quantitative estimate of drug-likeness (QED) is 0.512. The number of anilines is 2. The van der Waals surface area contributed by atoms with E-state index in [1.165, 1.54) is 12.1 Å². The molecule has 0 spiro atoms. The summed E-state index contributed by atoms with van der Waals surface area (Å²) in [6.45, 7) is 4.48. The van der Waals surface area contributed by atoms with E-state index in [1.807, 2.05) is 6.92 Å². The van der Waals surface area contributed by atoms with E-state index in [0.29, 0.717) is 11.8 Å². The topological polar surface area (TPSA) is 81.6 Å². The third-order valence-corrected chi connectivity index (χ3v) is 3.41. The minimum Gasteiger partial charge on any atom is -0.397 e. The molecule has 6 heteroatoms. The van der Waals surface area contributed by atoms with Gasteiger partial charge in [0.15, 0.2) is 0 Å². The Morgan fingerprint density at radius 2 is 2.16 bits per heavy atom. The molecule has 0 saturated carbocycles. The highest BCUT2D eigenvalue weighted by molar-refractivity contribution is 5.70. The first-order valence-electron chi connectivity index (χ1n) is 6.52. The van der Waals surface area contributed by atoms with Crippen molar-refractivity contribution in [2.75, 3.05) is 30.3 Å². The van der Waals surface area contributed by atoms with Crippen LogP contribution in [0.2, 0.25) is 0 Å². The summed E-state index contributed by atoms with van der Waals surface area (Å²) in [5.41, 5.74) is 7.28. The van der Waals surface area contributed by atoms with Crippen LogP contribution in [0.25, 0.3) is 0 Å². The second-order valence-corrected chi connectivity index (χ2v) is 4.64. The van der Waals surface area contributed by atoms with Crippen LogP contribution in [0.5, 0.6) is 0 Å². The number of nitrogen functional groups attached to an aromatic ring is 1. The van der Waals surface area contributed by atoms with Gasteiger partial charge in [0, 0.05) is 31.8 Å². The van der Waals surface area contributed by atoms with Gasteiger partial charge < -0.3 is 15.4 Å². The molecule has 1 heterocycles. The number of nitro groups is 1. The Bertz CT molecular complexity index is 456. The number of rotatable bonds is 4. The van der Waals surface area contributed by atoms with Gasteiger partial charge in [-0.1, -0.05) is 0 Å². The average Bonchev–Trinajstić information content (AvgIpc) is 2.40. The lowest BCUT2D eigenvalue weighted by molar-refractivity contribution is -0.384. The summed E-state index contributed by atoms with van der Waals surface area (Å²) in [7, 11) is 0. The Morgan fingerprint density at radius 3 is 2.68 bits per heavy atom. The zero-order chi connectivity index (χ0) is 13.8. The molecule has 0 aliphatic carbocycles. The highest BCUT2D eigenvalue weighted by atomic mass is 16.6. The largest absolute Gasteiger partial charge is 0.397 e. The van der Waals surface area contributed by atoms with Crippen LogP contribution in [-0.4, -0.2) is 30.7 Å². The van der Waals surface area contributed by atoms with E-state index >= 15 is 0 Å². The predicted octanol–water partition coefficient (Wildman–Crippen LogP) is 2.18. The Hall–Kier alpha value is -1.82. The van der Waals surface area contributed by atoms with Crippen molar-refractivity contribution in [3.8, 4) is 0 Å². The van der Waals surface area contributed by atoms with Crippen molar-refractivity contribution in [1.29, 1.82) is 0 Å². The van der Waals surface area contributed by atoms with Crippen LogP contribution in [0.4, 0.5) is 17.1 Å². The molecule has 1 aromatic carbocycles. The molecule has 0 aromatic heterocycles. The van der Waals surface area contributed by atoms with Gasteiger partial charge in [-0.3, -0.25) is 10.1 Å². The number of nitrogens with two attached hydrogens (primary N) is 1. The molecule has 0 amide bonds. The van der Waals surface area contributed by atoms with Gasteiger partial charge in [0.25, 0.3) is 5.69 Å². The highest BCUT2D eigenvalue weighted by Crippen LogP contribution is 2.30. The zero-order valence-corrected chi connectivity index (χ0v) is 11.0. The maximum atomic E-state index is 10.7. The number of nitro benzene ring substituents is 1. The van der Waals surface area contributed by atoms with Crippen LogP contribution >= 0.6 is 0 Å². The van der Waals surface area contributed by atoms with Gasteiger partial charge >= 0.3 is 0 Å². The average molecular weight is 265 g/mol. The Balaban J connectivity index is 2.05. The van der Waals surface area contributed by atoms with Crippen LogP contribution in [0.3, 0.4) is 0 Å². The number of hydrogen-bond donors (Lipinski definition) is 1. The van der Waals surface area contributed by atoms with E-state index < -0.39 is 4.92 Å². The maximum Gasteiger partial charge on any atom is 0.271 e. The first-order valence-corrected chi connectivity index (χ1v) is 6.52.